The summed E-state index contributed by atoms with van der Waals surface area (Å²) in [5.41, 5.74) is 11.1. The van der Waals surface area contributed by atoms with Gasteiger partial charge in [0, 0.05) is 22.4 Å². The Morgan fingerprint density at radius 1 is 1.35 bits per heavy atom. The molecule has 0 saturated carbocycles. The van der Waals surface area contributed by atoms with Gasteiger partial charge in [0.25, 0.3) is 0 Å². The van der Waals surface area contributed by atoms with E-state index < -0.39 is 0 Å². The summed E-state index contributed by atoms with van der Waals surface area (Å²) in [5.74, 6) is -0.0233. The Morgan fingerprint density at radius 2 is 2.17 bits per heavy atom. The lowest BCUT2D eigenvalue weighted by Crippen LogP contribution is -2.37. The number of nitrogen functional groups attached to an aromatic ring is 1. The minimum absolute atomic E-state index is 0.0233. The normalized spacial score (nSPS) is 13.6. The van der Waals surface area contributed by atoms with E-state index >= 15 is 0 Å². The summed E-state index contributed by atoms with van der Waals surface area (Å²) < 4.78 is 0.897. The third kappa shape index (κ3) is 3.50. The van der Waals surface area contributed by atoms with Crippen molar-refractivity contribution >= 4 is 38.9 Å². The van der Waals surface area contributed by atoms with E-state index in [1.165, 1.54) is 0 Å². The number of halogens is 1. The topological polar surface area (TPSA) is 58.4 Å². The van der Waals surface area contributed by atoms with Crippen molar-refractivity contribution < 1.29 is 4.79 Å². The molecule has 3 rings (SSSR count). The summed E-state index contributed by atoms with van der Waals surface area (Å²) in [6.07, 6.45) is 1.99. The van der Waals surface area contributed by atoms with Crippen LogP contribution in [0.3, 0.4) is 0 Å². The highest BCUT2D eigenvalue weighted by molar-refractivity contribution is 9.10. The zero-order valence-electron chi connectivity index (χ0n) is 13.1. The van der Waals surface area contributed by atoms with E-state index in [1.807, 2.05) is 43.3 Å². The average molecular weight is 374 g/mol. The number of aryl methyl sites for hydroxylation is 1. The molecule has 1 aliphatic heterocycles. The molecule has 0 atom stereocenters. The molecule has 0 fully saturated rings. The van der Waals surface area contributed by atoms with Crippen molar-refractivity contribution in [2.75, 3.05) is 29.0 Å². The lowest BCUT2D eigenvalue weighted by Gasteiger charge is -2.31. The molecule has 2 aromatic rings. The van der Waals surface area contributed by atoms with Crippen molar-refractivity contribution in [2.24, 2.45) is 0 Å². The minimum Gasteiger partial charge on any atom is -0.398 e. The van der Waals surface area contributed by atoms with Gasteiger partial charge >= 0.3 is 0 Å². The fraction of sp³-hybridized carbons (Fsp3) is 0.278. The van der Waals surface area contributed by atoms with Crippen molar-refractivity contribution in [3.05, 3.63) is 52.0 Å². The van der Waals surface area contributed by atoms with Crippen molar-refractivity contribution in [2.45, 2.75) is 19.8 Å². The molecule has 5 heteroatoms. The molecule has 0 aliphatic carbocycles. The van der Waals surface area contributed by atoms with Gasteiger partial charge in [0.15, 0.2) is 0 Å². The molecular weight excluding hydrogens is 354 g/mol. The Bertz CT molecular complexity index is 745. The number of amides is 1. The van der Waals surface area contributed by atoms with Crippen LogP contribution in [0, 0.1) is 6.92 Å². The van der Waals surface area contributed by atoms with Crippen molar-refractivity contribution in [1.82, 2.24) is 0 Å². The van der Waals surface area contributed by atoms with E-state index in [9.17, 15) is 4.79 Å². The molecule has 120 valence electrons. The maximum Gasteiger partial charge on any atom is 0.243 e. The molecule has 0 spiro atoms. The van der Waals surface area contributed by atoms with Crippen LogP contribution in [0.1, 0.15) is 17.5 Å². The van der Waals surface area contributed by atoms with E-state index in [1.54, 1.807) is 0 Å². The Labute approximate surface area is 144 Å². The molecule has 2 aromatic carbocycles. The molecule has 0 aromatic heterocycles. The first-order chi connectivity index (χ1) is 11.0. The zero-order valence-corrected chi connectivity index (χ0v) is 14.7. The fourth-order valence-corrected chi connectivity index (χ4v) is 3.57. The Morgan fingerprint density at radius 3 is 2.96 bits per heavy atom. The summed E-state index contributed by atoms with van der Waals surface area (Å²) in [5, 5.41) is 2.97. The van der Waals surface area contributed by atoms with E-state index in [-0.39, 0.29) is 5.91 Å². The summed E-state index contributed by atoms with van der Waals surface area (Å²) in [6.45, 7) is 3.22. The number of fused-ring (bicyclic) bond motifs is 1. The number of rotatable bonds is 3. The van der Waals surface area contributed by atoms with Crippen LogP contribution < -0.4 is 16.0 Å². The molecule has 1 amide bonds. The van der Waals surface area contributed by atoms with Gasteiger partial charge in [-0.1, -0.05) is 12.1 Å². The number of nitrogens with two attached hydrogens (primary N) is 1. The first-order valence-electron chi connectivity index (χ1n) is 7.73. The molecule has 23 heavy (non-hydrogen) atoms. The second kappa shape index (κ2) is 6.62. The van der Waals surface area contributed by atoms with Gasteiger partial charge in [0.2, 0.25) is 5.91 Å². The van der Waals surface area contributed by atoms with Crippen LogP contribution in [0.25, 0.3) is 0 Å². The number of nitrogens with zero attached hydrogens (tertiary/aromatic N) is 1. The van der Waals surface area contributed by atoms with Gasteiger partial charge in [-0.25, -0.2) is 0 Å². The number of carbonyl (C=O) groups excluding carboxylic acids is 1. The molecule has 0 bridgehead atoms. The number of hydrogen-bond donors (Lipinski definition) is 2. The van der Waals surface area contributed by atoms with Gasteiger partial charge in [-0.05, 0) is 71.1 Å². The van der Waals surface area contributed by atoms with Crippen LogP contribution in [0.4, 0.5) is 17.1 Å². The molecule has 4 nitrogen and oxygen atoms in total. The first kappa shape index (κ1) is 15.9. The van der Waals surface area contributed by atoms with E-state index in [4.69, 9.17) is 5.73 Å². The molecule has 1 heterocycles. The Balaban J connectivity index is 1.73. The minimum atomic E-state index is -0.0233. The molecule has 0 radical (unpaired) electrons. The zero-order chi connectivity index (χ0) is 16.4. The van der Waals surface area contributed by atoms with Gasteiger partial charge in [-0.3, -0.25) is 4.79 Å². The second-order valence-corrected chi connectivity index (χ2v) is 6.76. The van der Waals surface area contributed by atoms with E-state index in [0.29, 0.717) is 6.54 Å². The predicted molar refractivity (Wildman–Crippen MR) is 98.9 cm³/mol. The molecular formula is C18H20BrN3O. The van der Waals surface area contributed by atoms with Crippen molar-refractivity contribution in [1.29, 1.82) is 0 Å². The molecule has 1 aliphatic rings. The molecule has 0 saturated heterocycles. The lowest BCUT2D eigenvalue weighted by atomic mass is 10.00. The summed E-state index contributed by atoms with van der Waals surface area (Å²) in [4.78, 5) is 14.5. The van der Waals surface area contributed by atoms with E-state index in [2.05, 4.69) is 26.1 Å². The fourth-order valence-electron chi connectivity index (χ4n) is 2.98. The van der Waals surface area contributed by atoms with Gasteiger partial charge in [-0.15, -0.1) is 0 Å². The van der Waals surface area contributed by atoms with Gasteiger partial charge in [0.1, 0.15) is 0 Å². The number of benzene rings is 2. The first-order valence-corrected chi connectivity index (χ1v) is 8.52. The molecule has 3 N–H and O–H groups in total. The predicted octanol–water partition coefficient (Wildman–Crippen LogP) is 3.73. The summed E-state index contributed by atoms with van der Waals surface area (Å²) in [7, 11) is 0. The number of anilines is 3. The quantitative estimate of drug-likeness (QED) is 0.805. The standard InChI is InChI=1S/C18H20BrN3O/c1-12-7-8-16(14(19)10-12)21-18(23)11-22-9-3-4-13-15(20)5-2-6-17(13)22/h2,5-8,10H,3-4,9,11,20H2,1H3,(H,21,23). The maximum absolute atomic E-state index is 12.4. The Kier molecular flexibility index (Phi) is 4.57. The monoisotopic (exact) mass is 373 g/mol. The van der Waals surface area contributed by atoms with Crippen LogP contribution in [0.15, 0.2) is 40.9 Å². The van der Waals surface area contributed by atoms with Crippen LogP contribution in [0.2, 0.25) is 0 Å². The lowest BCUT2D eigenvalue weighted by molar-refractivity contribution is -0.115. The van der Waals surface area contributed by atoms with Gasteiger partial charge < -0.3 is 16.0 Å². The van der Waals surface area contributed by atoms with Crippen LogP contribution in [0.5, 0.6) is 0 Å². The smallest absolute Gasteiger partial charge is 0.243 e. The van der Waals surface area contributed by atoms with Gasteiger partial charge in [0.05, 0.1) is 12.2 Å². The highest BCUT2D eigenvalue weighted by Gasteiger charge is 2.20. The number of hydrogen-bond acceptors (Lipinski definition) is 3. The van der Waals surface area contributed by atoms with Crippen molar-refractivity contribution in [3.8, 4) is 0 Å². The summed E-state index contributed by atoms with van der Waals surface area (Å²) in [6, 6.07) is 11.8. The van der Waals surface area contributed by atoms with Gasteiger partial charge in [-0.2, -0.15) is 0 Å². The van der Waals surface area contributed by atoms with Crippen LogP contribution >= 0.6 is 15.9 Å². The number of nitrogens with one attached hydrogen (secondary N) is 1. The van der Waals surface area contributed by atoms with Crippen molar-refractivity contribution in [3.63, 3.8) is 0 Å². The molecule has 0 unspecified atom stereocenters. The van der Waals surface area contributed by atoms with Crippen LogP contribution in [-0.2, 0) is 11.2 Å². The average Bonchev–Trinajstić information content (AvgIpc) is 2.51. The maximum atomic E-state index is 12.4. The van der Waals surface area contributed by atoms with E-state index in [0.717, 1.165) is 52.0 Å². The second-order valence-electron chi connectivity index (χ2n) is 5.90. The third-order valence-corrected chi connectivity index (χ3v) is 4.77. The van der Waals surface area contributed by atoms with Crippen LogP contribution in [-0.4, -0.2) is 19.0 Å². The summed E-state index contributed by atoms with van der Waals surface area (Å²) >= 11 is 3.49. The number of carbonyl (C=O) groups is 1. The third-order valence-electron chi connectivity index (χ3n) is 4.12. The highest BCUT2D eigenvalue weighted by Crippen LogP contribution is 2.31. The SMILES string of the molecule is Cc1ccc(NC(=O)CN2CCCc3c(N)cccc32)c(Br)c1. The highest BCUT2D eigenvalue weighted by atomic mass is 79.9. The largest absolute Gasteiger partial charge is 0.398 e. The Hall–Kier alpha value is -2.01.